The summed E-state index contributed by atoms with van der Waals surface area (Å²) in [5, 5.41) is 11.6. The molecule has 3 aromatic carbocycles. The number of hydrogen-bond donors (Lipinski definition) is 1. The fraction of sp³-hybridized carbons (Fsp3) is 0.154. The van der Waals surface area contributed by atoms with Crippen LogP contribution in [0.4, 0.5) is 5.69 Å². The van der Waals surface area contributed by atoms with E-state index in [2.05, 4.69) is 0 Å². The number of benzene rings is 3. The van der Waals surface area contributed by atoms with Crippen LogP contribution in [0, 0.1) is 6.92 Å². The van der Waals surface area contributed by atoms with E-state index in [9.17, 15) is 14.7 Å². The first-order valence-corrected chi connectivity index (χ1v) is 10.6. The summed E-state index contributed by atoms with van der Waals surface area (Å²) in [7, 11) is 0. The number of ketones is 1. The van der Waals surface area contributed by atoms with Crippen LogP contribution < -0.4 is 9.64 Å². The molecule has 1 atom stereocenters. The molecule has 0 saturated carbocycles. The molecule has 3 aromatic rings. The third-order valence-electron chi connectivity index (χ3n) is 5.33. The lowest BCUT2D eigenvalue weighted by Gasteiger charge is -2.26. The summed E-state index contributed by atoms with van der Waals surface area (Å²) < 4.78 is 5.45. The number of Topliss-reactive ketones (excluding diaryl/α,β-unsaturated/α-hetero) is 1. The van der Waals surface area contributed by atoms with Gasteiger partial charge in [0.2, 0.25) is 0 Å². The minimum Gasteiger partial charge on any atom is -0.507 e. The summed E-state index contributed by atoms with van der Waals surface area (Å²) in [4.78, 5) is 27.7. The van der Waals surface area contributed by atoms with Gasteiger partial charge in [-0.3, -0.25) is 14.5 Å². The number of anilines is 1. The predicted molar refractivity (Wildman–Crippen MR) is 125 cm³/mol. The lowest BCUT2D eigenvalue weighted by atomic mass is 9.94. The Hall–Kier alpha value is -3.57. The maximum atomic E-state index is 13.2. The van der Waals surface area contributed by atoms with Gasteiger partial charge in [0, 0.05) is 16.3 Å². The first-order chi connectivity index (χ1) is 15.4. The van der Waals surface area contributed by atoms with Crippen LogP contribution in [0.2, 0.25) is 5.02 Å². The number of carbonyl (C=O) groups excluding carboxylic acids is 2. The highest BCUT2D eigenvalue weighted by Crippen LogP contribution is 2.42. The Morgan fingerprint density at radius 3 is 2.41 bits per heavy atom. The summed E-state index contributed by atoms with van der Waals surface area (Å²) in [5.41, 5.74) is 2.63. The second kappa shape index (κ2) is 8.89. The lowest BCUT2D eigenvalue weighted by Crippen LogP contribution is -2.29. The summed E-state index contributed by atoms with van der Waals surface area (Å²) in [6, 6.07) is 20.3. The molecule has 1 unspecified atom stereocenters. The second-order valence-corrected chi connectivity index (χ2v) is 7.96. The van der Waals surface area contributed by atoms with Crippen molar-refractivity contribution in [3.8, 4) is 5.75 Å². The van der Waals surface area contributed by atoms with E-state index >= 15 is 0 Å². The highest BCUT2D eigenvalue weighted by atomic mass is 35.5. The number of aryl methyl sites for hydroxylation is 1. The van der Waals surface area contributed by atoms with Crippen molar-refractivity contribution in [3.05, 3.63) is 100 Å². The van der Waals surface area contributed by atoms with Crippen LogP contribution in [-0.4, -0.2) is 23.4 Å². The van der Waals surface area contributed by atoms with Crippen molar-refractivity contribution < 1.29 is 19.4 Å². The van der Waals surface area contributed by atoms with Crippen molar-refractivity contribution in [3.63, 3.8) is 0 Å². The van der Waals surface area contributed by atoms with Crippen LogP contribution in [0.25, 0.3) is 5.76 Å². The summed E-state index contributed by atoms with van der Waals surface area (Å²) in [6.45, 7) is 4.33. The van der Waals surface area contributed by atoms with Gasteiger partial charge in [0.25, 0.3) is 11.7 Å². The van der Waals surface area contributed by atoms with Gasteiger partial charge >= 0.3 is 0 Å². The fourth-order valence-corrected chi connectivity index (χ4v) is 4.10. The average Bonchev–Trinajstić information content (AvgIpc) is 3.05. The summed E-state index contributed by atoms with van der Waals surface area (Å²) in [5.74, 6) is -1.05. The third kappa shape index (κ3) is 3.99. The molecule has 1 aliphatic rings. The average molecular weight is 448 g/mol. The van der Waals surface area contributed by atoms with Gasteiger partial charge in [0.15, 0.2) is 0 Å². The molecule has 1 fully saturated rings. The minimum absolute atomic E-state index is 0.0322. The molecule has 5 nitrogen and oxygen atoms in total. The predicted octanol–water partition coefficient (Wildman–Crippen LogP) is 5.67. The van der Waals surface area contributed by atoms with Crippen LogP contribution in [-0.2, 0) is 9.59 Å². The highest BCUT2D eigenvalue weighted by Gasteiger charge is 2.47. The first kappa shape index (κ1) is 21.7. The van der Waals surface area contributed by atoms with E-state index in [1.165, 1.54) is 4.90 Å². The number of rotatable bonds is 5. The molecule has 1 heterocycles. The molecule has 1 amide bonds. The maximum Gasteiger partial charge on any atom is 0.300 e. The number of ether oxygens (including phenoxy) is 1. The van der Waals surface area contributed by atoms with Crippen molar-refractivity contribution in [2.75, 3.05) is 11.5 Å². The molecular weight excluding hydrogens is 426 g/mol. The highest BCUT2D eigenvalue weighted by molar-refractivity contribution is 6.51. The molecule has 0 aliphatic carbocycles. The van der Waals surface area contributed by atoms with Crippen molar-refractivity contribution in [1.82, 2.24) is 0 Å². The van der Waals surface area contributed by atoms with Crippen molar-refractivity contribution in [2.24, 2.45) is 0 Å². The number of halogens is 1. The largest absolute Gasteiger partial charge is 0.507 e. The standard InChI is InChI=1S/C26H22ClNO4/c1-3-32-21-12-10-17(11-13-21)24(29)22-23(18-7-4-6-16(2)14-18)28(26(31)25(22)30)20-9-5-8-19(27)15-20/h4-15,23,29H,3H2,1-2H3/b24-22+. The van der Waals surface area contributed by atoms with Gasteiger partial charge in [-0.15, -0.1) is 0 Å². The Bertz CT molecular complexity index is 1220. The van der Waals surface area contributed by atoms with Gasteiger partial charge in [-0.1, -0.05) is 47.5 Å². The quantitative estimate of drug-likeness (QED) is 0.310. The van der Waals surface area contributed by atoms with Crippen LogP contribution in [0.3, 0.4) is 0 Å². The normalized spacial score (nSPS) is 17.6. The van der Waals surface area contributed by atoms with Gasteiger partial charge in [-0.05, 0) is 61.9 Å². The fourth-order valence-electron chi connectivity index (χ4n) is 3.91. The Kier molecular flexibility index (Phi) is 6.01. The molecule has 1 saturated heterocycles. The molecule has 1 N–H and O–H groups in total. The molecule has 0 spiro atoms. The van der Waals surface area contributed by atoms with Crippen LogP contribution >= 0.6 is 11.6 Å². The van der Waals surface area contributed by atoms with Crippen LogP contribution in [0.1, 0.15) is 29.7 Å². The number of aliphatic hydroxyl groups is 1. The van der Waals surface area contributed by atoms with Gasteiger partial charge in [0.05, 0.1) is 18.2 Å². The van der Waals surface area contributed by atoms with E-state index in [-0.39, 0.29) is 11.3 Å². The number of nitrogens with zero attached hydrogens (tertiary/aromatic N) is 1. The molecule has 0 radical (unpaired) electrons. The molecule has 6 heteroatoms. The Morgan fingerprint density at radius 2 is 1.75 bits per heavy atom. The van der Waals surface area contributed by atoms with Crippen LogP contribution in [0.5, 0.6) is 5.75 Å². The molecule has 0 bridgehead atoms. The minimum atomic E-state index is -0.792. The van der Waals surface area contributed by atoms with Crippen molar-refractivity contribution in [2.45, 2.75) is 19.9 Å². The molecular formula is C26H22ClNO4. The third-order valence-corrected chi connectivity index (χ3v) is 5.56. The van der Waals surface area contributed by atoms with E-state index < -0.39 is 17.7 Å². The van der Waals surface area contributed by atoms with E-state index in [0.717, 1.165) is 11.1 Å². The monoisotopic (exact) mass is 447 g/mol. The topological polar surface area (TPSA) is 66.8 Å². The van der Waals surface area contributed by atoms with E-state index in [1.54, 1.807) is 48.5 Å². The number of hydrogen-bond acceptors (Lipinski definition) is 4. The van der Waals surface area contributed by atoms with Gasteiger partial charge < -0.3 is 9.84 Å². The molecule has 4 rings (SSSR count). The number of aliphatic hydroxyl groups excluding tert-OH is 1. The first-order valence-electron chi connectivity index (χ1n) is 10.3. The Balaban J connectivity index is 1.90. The van der Waals surface area contributed by atoms with Crippen molar-refractivity contribution >= 4 is 34.7 Å². The van der Waals surface area contributed by atoms with E-state index in [1.807, 2.05) is 38.1 Å². The number of amides is 1. The van der Waals surface area contributed by atoms with Crippen LogP contribution in [0.15, 0.2) is 78.4 Å². The van der Waals surface area contributed by atoms with Gasteiger partial charge in [0.1, 0.15) is 11.5 Å². The molecule has 32 heavy (non-hydrogen) atoms. The molecule has 162 valence electrons. The molecule has 1 aliphatic heterocycles. The lowest BCUT2D eigenvalue weighted by molar-refractivity contribution is -0.132. The smallest absolute Gasteiger partial charge is 0.300 e. The molecule has 0 aromatic heterocycles. The van der Waals surface area contributed by atoms with Gasteiger partial charge in [-0.2, -0.15) is 0 Å². The van der Waals surface area contributed by atoms with Gasteiger partial charge in [-0.25, -0.2) is 0 Å². The summed E-state index contributed by atoms with van der Waals surface area (Å²) >= 11 is 6.17. The summed E-state index contributed by atoms with van der Waals surface area (Å²) in [6.07, 6.45) is 0. The zero-order chi connectivity index (χ0) is 22.8. The zero-order valence-corrected chi connectivity index (χ0v) is 18.5. The van der Waals surface area contributed by atoms with E-state index in [4.69, 9.17) is 16.3 Å². The van der Waals surface area contributed by atoms with Crippen molar-refractivity contribution in [1.29, 1.82) is 0 Å². The Morgan fingerprint density at radius 1 is 1.03 bits per heavy atom. The number of carbonyl (C=O) groups is 2. The van der Waals surface area contributed by atoms with E-state index in [0.29, 0.717) is 28.6 Å². The SMILES string of the molecule is CCOc1ccc(/C(O)=C2\C(=O)C(=O)N(c3cccc(Cl)c3)C2c2cccc(C)c2)cc1. The second-order valence-electron chi connectivity index (χ2n) is 7.52. The maximum absolute atomic E-state index is 13.2. The Labute approximate surface area is 191 Å². The zero-order valence-electron chi connectivity index (χ0n) is 17.7.